The summed E-state index contributed by atoms with van der Waals surface area (Å²) >= 11 is 0. The van der Waals surface area contributed by atoms with E-state index in [1.54, 1.807) is 7.11 Å². The van der Waals surface area contributed by atoms with Gasteiger partial charge in [-0.2, -0.15) is 0 Å². The van der Waals surface area contributed by atoms with Crippen molar-refractivity contribution in [2.75, 3.05) is 7.11 Å². The minimum absolute atomic E-state index is 0.847. The Hall–Kier alpha value is -3.52. The summed E-state index contributed by atoms with van der Waals surface area (Å²) in [5.41, 5.74) is 6.40. The van der Waals surface area contributed by atoms with Gasteiger partial charge in [-0.1, -0.05) is 93.9 Å². The van der Waals surface area contributed by atoms with Crippen molar-refractivity contribution in [1.29, 1.82) is 0 Å². The minimum atomic E-state index is 0.847. The summed E-state index contributed by atoms with van der Waals surface area (Å²) in [4.78, 5) is 0. The van der Waals surface area contributed by atoms with E-state index in [4.69, 9.17) is 9.47 Å². The topological polar surface area (TPSA) is 18.5 Å². The Balaban J connectivity index is 0.000000970. The second-order valence-corrected chi connectivity index (χ2v) is 7.58. The van der Waals surface area contributed by atoms with E-state index in [0.717, 1.165) is 30.1 Å². The maximum absolute atomic E-state index is 6.02. The molecular formula is C32H38O2. The first-order valence-corrected chi connectivity index (χ1v) is 12.2. The first-order valence-electron chi connectivity index (χ1n) is 12.2. The number of ether oxygens (including phenoxy) is 2. The van der Waals surface area contributed by atoms with E-state index >= 15 is 0 Å². The molecule has 0 fully saturated rings. The monoisotopic (exact) mass is 454 g/mol. The van der Waals surface area contributed by atoms with Crippen LogP contribution in [-0.2, 0) is 12.8 Å². The normalized spacial score (nSPS) is 9.71. The predicted molar refractivity (Wildman–Crippen MR) is 145 cm³/mol. The van der Waals surface area contributed by atoms with Crippen LogP contribution in [0.4, 0.5) is 0 Å². The fourth-order valence-corrected chi connectivity index (χ4v) is 3.41. The maximum Gasteiger partial charge on any atom is 0.127 e. The third kappa shape index (κ3) is 8.44. The summed E-state index contributed by atoms with van der Waals surface area (Å²) in [5, 5.41) is 0. The van der Waals surface area contributed by atoms with Gasteiger partial charge in [-0.15, -0.1) is 0 Å². The van der Waals surface area contributed by atoms with Gasteiger partial charge in [0.1, 0.15) is 17.2 Å². The molecule has 0 unspecified atom stereocenters. The van der Waals surface area contributed by atoms with Gasteiger partial charge >= 0.3 is 0 Å². The largest absolute Gasteiger partial charge is 0.497 e. The van der Waals surface area contributed by atoms with Gasteiger partial charge in [0.05, 0.1) is 7.11 Å². The molecule has 178 valence electrons. The zero-order valence-electron chi connectivity index (χ0n) is 21.5. The molecule has 0 aliphatic rings. The highest BCUT2D eigenvalue weighted by Gasteiger charge is 2.02. The van der Waals surface area contributed by atoms with Gasteiger partial charge in [0, 0.05) is 0 Å². The molecule has 0 atom stereocenters. The van der Waals surface area contributed by atoms with Crippen molar-refractivity contribution in [3.8, 4) is 17.2 Å². The van der Waals surface area contributed by atoms with Crippen molar-refractivity contribution < 1.29 is 9.47 Å². The third-order valence-corrected chi connectivity index (χ3v) is 5.18. The summed E-state index contributed by atoms with van der Waals surface area (Å²) in [6.45, 7) is 10.1. The Morgan fingerprint density at radius 3 is 1.06 bits per heavy atom. The lowest BCUT2D eigenvalue weighted by atomic mass is 10.0. The van der Waals surface area contributed by atoms with E-state index in [1.807, 2.05) is 64.1 Å². The van der Waals surface area contributed by atoms with Crippen molar-refractivity contribution >= 4 is 0 Å². The molecule has 4 aromatic carbocycles. The first kappa shape index (κ1) is 26.7. The van der Waals surface area contributed by atoms with Gasteiger partial charge in [0.2, 0.25) is 0 Å². The van der Waals surface area contributed by atoms with E-state index in [1.165, 1.54) is 27.8 Å². The zero-order chi connectivity index (χ0) is 24.8. The molecule has 34 heavy (non-hydrogen) atoms. The summed E-state index contributed by atoms with van der Waals surface area (Å²) in [5.74, 6) is 2.58. The number of aryl methyl sites for hydroxylation is 1. The molecule has 0 aliphatic carbocycles. The van der Waals surface area contributed by atoms with Crippen molar-refractivity contribution in [2.45, 2.75) is 47.5 Å². The van der Waals surface area contributed by atoms with Gasteiger partial charge in [-0.25, -0.2) is 0 Å². The standard InChI is InChI=1S/C28H26O2.2C2H6/c1-21-3-5-22(6-4-21)19-24-9-15-27(16-10-24)30-28-17-11-25(12-18-28)20-23-7-13-26(29-2)14-8-23;2*1-2/h3-18H,19-20H2,1-2H3;2*1-2H3. The SMILES string of the molecule is CC.CC.COc1ccc(Cc2ccc(Oc3ccc(Cc4ccc(C)cc4)cc3)cc2)cc1. The Labute approximate surface area is 206 Å². The van der Waals surface area contributed by atoms with Crippen molar-refractivity contribution in [3.63, 3.8) is 0 Å². The molecule has 0 N–H and O–H groups in total. The van der Waals surface area contributed by atoms with Crippen LogP contribution < -0.4 is 9.47 Å². The average Bonchev–Trinajstić information content (AvgIpc) is 2.90. The summed E-state index contributed by atoms with van der Waals surface area (Å²) in [6.07, 6.45) is 1.82. The molecule has 0 heterocycles. The van der Waals surface area contributed by atoms with E-state index in [-0.39, 0.29) is 0 Å². The highest BCUT2D eigenvalue weighted by atomic mass is 16.5. The van der Waals surface area contributed by atoms with Crippen LogP contribution in [0.3, 0.4) is 0 Å². The molecule has 0 saturated heterocycles. The minimum Gasteiger partial charge on any atom is -0.497 e. The number of rotatable bonds is 7. The molecule has 0 radical (unpaired) electrons. The van der Waals surface area contributed by atoms with E-state index in [0.29, 0.717) is 0 Å². The Kier molecular flexibility index (Phi) is 11.5. The fourth-order valence-electron chi connectivity index (χ4n) is 3.41. The van der Waals surface area contributed by atoms with E-state index < -0.39 is 0 Å². The zero-order valence-corrected chi connectivity index (χ0v) is 21.5. The molecule has 0 aromatic heterocycles. The second-order valence-electron chi connectivity index (χ2n) is 7.58. The number of hydrogen-bond donors (Lipinski definition) is 0. The van der Waals surface area contributed by atoms with Gasteiger partial charge < -0.3 is 9.47 Å². The van der Waals surface area contributed by atoms with Crippen molar-refractivity contribution in [3.05, 3.63) is 125 Å². The highest BCUT2D eigenvalue weighted by molar-refractivity contribution is 5.38. The smallest absolute Gasteiger partial charge is 0.127 e. The van der Waals surface area contributed by atoms with Crippen LogP contribution in [0.15, 0.2) is 97.1 Å². The first-order chi connectivity index (χ1) is 16.7. The van der Waals surface area contributed by atoms with Gasteiger partial charge in [0.25, 0.3) is 0 Å². The van der Waals surface area contributed by atoms with Crippen LogP contribution in [0.5, 0.6) is 17.2 Å². The van der Waals surface area contributed by atoms with Crippen LogP contribution >= 0.6 is 0 Å². The second kappa shape index (κ2) is 14.6. The molecule has 0 spiro atoms. The number of methoxy groups -OCH3 is 1. The Morgan fingerprint density at radius 1 is 0.441 bits per heavy atom. The fraction of sp³-hybridized carbons (Fsp3) is 0.250. The molecule has 4 rings (SSSR count). The van der Waals surface area contributed by atoms with Crippen LogP contribution in [0.1, 0.15) is 55.5 Å². The molecule has 0 amide bonds. The molecule has 4 aromatic rings. The van der Waals surface area contributed by atoms with Crippen LogP contribution in [0, 0.1) is 6.92 Å². The van der Waals surface area contributed by atoms with E-state index in [2.05, 4.69) is 67.6 Å². The van der Waals surface area contributed by atoms with E-state index in [9.17, 15) is 0 Å². The molecule has 0 bridgehead atoms. The van der Waals surface area contributed by atoms with Gasteiger partial charge in [-0.3, -0.25) is 0 Å². The van der Waals surface area contributed by atoms with Crippen LogP contribution in [0.2, 0.25) is 0 Å². The lowest BCUT2D eigenvalue weighted by Gasteiger charge is -2.09. The lowest BCUT2D eigenvalue weighted by Crippen LogP contribution is -1.91. The molecule has 2 nitrogen and oxygen atoms in total. The summed E-state index contributed by atoms with van der Waals surface area (Å²) < 4.78 is 11.2. The predicted octanol–water partition coefficient (Wildman–Crippen LogP) is 9.03. The average molecular weight is 455 g/mol. The highest BCUT2D eigenvalue weighted by Crippen LogP contribution is 2.24. The van der Waals surface area contributed by atoms with Crippen LogP contribution in [-0.4, -0.2) is 7.11 Å². The molecule has 0 saturated carbocycles. The summed E-state index contributed by atoms with van der Waals surface area (Å²) in [6, 6.07) is 33.5. The Bertz CT molecular complexity index is 1060. The number of benzene rings is 4. The van der Waals surface area contributed by atoms with Crippen LogP contribution in [0.25, 0.3) is 0 Å². The molecule has 2 heteroatoms. The van der Waals surface area contributed by atoms with Gasteiger partial charge in [0.15, 0.2) is 0 Å². The van der Waals surface area contributed by atoms with Crippen molar-refractivity contribution in [2.24, 2.45) is 0 Å². The Morgan fingerprint density at radius 2 is 0.735 bits per heavy atom. The lowest BCUT2D eigenvalue weighted by molar-refractivity contribution is 0.414. The van der Waals surface area contributed by atoms with Crippen molar-refractivity contribution in [1.82, 2.24) is 0 Å². The number of hydrogen-bond acceptors (Lipinski definition) is 2. The quantitative estimate of drug-likeness (QED) is 0.277. The molecule has 0 aliphatic heterocycles. The third-order valence-electron chi connectivity index (χ3n) is 5.18. The van der Waals surface area contributed by atoms with Gasteiger partial charge in [-0.05, 0) is 78.4 Å². The maximum atomic E-state index is 6.02. The molecular weight excluding hydrogens is 416 g/mol. The summed E-state index contributed by atoms with van der Waals surface area (Å²) in [7, 11) is 1.69.